The number of oxazole rings is 1. The predicted molar refractivity (Wildman–Crippen MR) is 83.7 cm³/mol. The van der Waals surface area contributed by atoms with Gasteiger partial charge in [-0.05, 0) is 23.8 Å². The molecule has 0 saturated carbocycles. The lowest BCUT2D eigenvalue weighted by Crippen LogP contribution is -2.26. The molecule has 0 radical (unpaired) electrons. The summed E-state index contributed by atoms with van der Waals surface area (Å²) < 4.78 is 6.46. The van der Waals surface area contributed by atoms with Crippen molar-refractivity contribution in [2.75, 3.05) is 7.05 Å². The van der Waals surface area contributed by atoms with Crippen LogP contribution in [0.1, 0.15) is 15.9 Å². The van der Waals surface area contributed by atoms with Gasteiger partial charge in [0.25, 0.3) is 5.91 Å². The number of nitrogens with zero attached hydrogens (tertiary/aromatic N) is 2. The molecule has 0 saturated heterocycles. The minimum atomic E-state index is -0.433. The molecule has 5 heteroatoms. The first kappa shape index (κ1) is 14.1. The van der Waals surface area contributed by atoms with Crippen LogP contribution in [0.25, 0.3) is 11.1 Å². The number of aromatic nitrogens is 1. The summed E-state index contributed by atoms with van der Waals surface area (Å²) in [7, 11) is 3.38. The number of hydrogen-bond acceptors (Lipinski definition) is 3. The van der Waals surface area contributed by atoms with Crippen molar-refractivity contribution >= 4 is 17.0 Å². The van der Waals surface area contributed by atoms with Crippen molar-refractivity contribution in [1.29, 1.82) is 0 Å². The fourth-order valence-electron chi connectivity index (χ4n) is 2.41. The van der Waals surface area contributed by atoms with Crippen LogP contribution in [0, 0.1) is 0 Å². The van der Waals surface area contributed by atoms with E-state index in [2.05, 4.69) is 0 Å². The molecule has 112 valence electrons. The molecule has 0 aliphatic heterocycles. The van der Waals surface area contributed by atoms with E-state index in [4.69, 9.17) is 4.42 Å². The van der Waals surface area contributed by atoms with E-state index in [1.165, 1.54) is 4.57 Å². The topological polar surface area (TPSA) is 55.5 Å². The molecule has 2 aromatic carbocycles. The van der Waals surface area contributed by atoms with Crippen LogP contribution >= 0.6 is 0 Å². The summed E-state index contributed by atoms with van der Waals surface area (Å²) in [5.74, 6) is -0.531. The molecule has 0 spiro atoms. The molecule has 0 bridgehead atoms. The van der Waals surface area contributed by atoms with E-state index in [-0.39, 0.29) is 5.91 Å². The minimum Gasteiger partial charge on any atom is -0.408 e. The maximum Gasteiger partial charge on any atom is 0.419 e. The Labute approximate surface area is 127 Å². The highest BCUT2D eigenvalue weighted by molar-refractivity contribution is 5.97. The molecular formula is C17H16N2O3. The van der Waals surface area contributed by atoms with Gasteiger partial charge in [-0.2, -0.15) is 0 Å². The lowest BCUT2D eigenvalue weighted by Gasteiger charge is -2.17. The van der Waals surface area contributed by atoms with E-state index in [0.29, 0.717) is 23.2 Å². The Balaban J connectivity index is 1.88. The van der Waals surface area contributed by atoms with Crippen LogP contribution in [-0.2, 0) is 13.6 Å². The summed E-state index contributed by atoms with van der Waals surface area (Å²) >= 11 is 0. The van der Waals surface area contributed by atoms with Crippen LogP contribution in [0.5, 0.6) is 0 Å². The number of carbonyl (C=O) groups excluding carboxylic acids is 1. The monoisotopic (exact) mass is 296 g/mol. The first-order valence-corrected chi connectivity index (χ1v) is 6.95. The van der Waals surface area contributed by atoms with Crippen molar-refractivity contribution in [3.8, 4) is 0 Å². The molecule has 1 aromatic heterocycles. The molecule has 0 atom stereocenters. The second-order valence-corrected chi connectivity index (χ2v) is 5.26. The van der Waals surface area contributed by atoms with Gasteiger partial charge in [-0.1, -0.05) is 30.3 Å². The Kier molecular flexibility index (Phi) is 3.55. The van der Waals surface area contributed by atoms with Gasteiger partial charge in [0.2, 0.25) is 0 Å². The molecule has 0 N–H and O–H groups in total. The number of fused-ring (bicyclic) bond motifs is 1. The summed E-state index contributed by atoms with van der Waals surface area (Å²) in [5, 5.41) is 0. The molecule has 3 aromatic rings. The number of rotatable bonds is 3. The highest BCUT2D eigenvalue weighted by Gasteiger charge is 2.14. The Morgan fingerprint density at radius 3 is 2.64 bits per heavy atom. The lowest BCUT2D eigenvalue weighted by atomic mass is 10.1. The number of amides is 1. The molecule has 1 amide bonds. The fourth-order valence-corrected chi connectivity index (χ4v) is 2.41. The number of hydrogen-bond donors (Lipinski definition) is 0. The van der Waals surface area contributed by atoms with Crippen LogP contribution in [-0.4, -0.2) is 22.4 Å². The van der Waals surface area contributed by atoms with Gasteiger partial charge in [0.05, 0.1) is 5.52 Å². The van der Waals surface area contributed by atoms with Gasteiger partial charge in [-0.25, -0.2) is 4.79 Å². The minimum absolute atomic E-state index is 0.0978. The summed E-state index contributed by atoms with van der Waals surface area (Å²) in [4.78, 5) is 25.7. The largest absolute Gasteiger partial charge is 0.419 e. The highest BCUT2D eigenvalue weighted by atomic mass is 16.4. The van der Waals surface area contributed by atoms with Crippen molar-refractivity contribution in [3.05, 3.63) is 70.2 Å². The summed E-state index contributed by atoms with van der Waals surface area (Å²) in [6.45, 7) is 0.530. The van der Waals surface area contributed by atoms with E-state index in [1.54, 1.807) is 37.2 Å². The quantitative estimate of drug-likeness (QED) is 0.746. The van der Waals surface area contributed by atoms with Gasteiger partial charge in [0.1, 0.15) is 0 Å². The van der Waals surface area contributed by atoms with Crippen molar-refractivity contribution in [1.82, 2.24) is 9.47 Å². The maximum absolute atomic E-state index is 12.5. The molecule has 3 rings (SSSR count). The van der Waals surface area contributed by atoms with Crippen LogP contribution in [0.15, 0.2) is 57.7 Å². The molecule has 22 heavy (non-hydrogen) atoms. The van der Waals surface area contributed by atoms with Crippen LogP contribution in [0.4, 0.5) is 0 Å². The van der Waals surface area contributed by atoms with Crippen molar-refractivity contribution < 1.29 is 9.21 Å². The SMILES string of the molecule is CN(Cc1ccccc1)C(=O)c1ccc2oc(=O)n(C)c2c1. The maximum atomic E-state index is 12.5. The second-order valence-electron chi connectivity index (χ2n) is 5.26. The van der Waals surface area contributed by atoms with Gasteiger partial charge < -0.3 is 9.32 Å². The van der Waals surface area contributed by atoms with Crippen LogP contribution < -0.4 is 5.76 Å². The molecule has 5 nitrogen and oxygen atoms in total. The van der Waals surface area contributed by atoms with Gasteiger partial charge in [0.15, 0.2) is 5.58 Å². The third kappa shape index (κ3) is 2.53. The zero-order valence-corrected chi connectivity index (χ0v) is 12.4. The average Bonchev–Trinajstić information content (AvgIpc) is 2.82. The Morgan fingerprint density at radius 2 is 1.91 bits per heavy atom. The number of benzene rings is 2. The standard InChI is InChI=1S/C17H16N2O3/c1-18(11-12-6-4-3-5-7-12)16(20)13-8-9-15-14(10-13)19(2)17(21)22-15/h3-10H,11H2,1-2H3. The number of aryl methyl sites for hydroxylation is 1. The molecule has 0 fully saturated rings. The van der Waals surface area contributed by atoms with Gasteiger partial charge >= 0.3 is 5.76 Å². The van der Waals surface area contributed by atoms with Gasteiger partial charge in [0, 0.05) is 26.2 Å². The molecule has 1 heterocycles. The van der Waals surface area contributed by atoms with Crippen molar-refractivity contribution in [3.63, 3.8) is 0 Å². The second kappa shape index (κ2) is 5.52. The van der Waals surface area contributed by atoms with Crippen LogP contribution in [0.3, 0.4) is 0 Å². The molecule has 0 aliphatic carbocycles. The van der Waals surface area contributed by atoms with E-state index in [0.717, 1.165) is 5.56 Å². The normalized spacial score (nSPS) is 10.8. The third-order valence-corrected chi connectivity index (χ3v) is 3.65. The number of carbonyl (C=O) groups is 1. The van der Waals surface area contributed by atoms with Gasteiger partial charge in [-0.3, -0.25) is 9.36 Å². The smallest absolute Gasteiger partial charge is 0.408 e. The molecule has 0 aliphatic rings. The van der Waals surface area contributed by atoms with Gasteiger partial charge in [-0.15, -0.1) is 0 Å². The Hall–Kier alpha value is -2.82. The predicted octanol–water partition coefficient (Wildman–Crippen LogP) is 2.40. The first-order chi connectivity index (χ1) is 10.6. The van der Waals surface area contributed by atoms with E-state index in [9.17, 15) is 9.59 Å². The van der Waals surface area contributed by atoms with Crippen molar-refractivity contribution in [2.45, 2.75) is 6.54 Å². The average molecular weight is 296 g/mol. The van der Waals surface area contributed by atoms with E-state index < -0.39 is 5.76 Å². The highest BCUT2D eigenvalue weighted by Crippen LogP contribution is 2.16. The molecule has 0 unspecified atom stereocenters. The summed E-state index contributed by atoms with van der Waals surface area (Å²) in [6, 6.07) is 14.8. The molecular weight excluding hydrogens is 280 g/mol. The zero-order chi connectivity index (χ0) is 15.7. The summed E-state index contributed by atoms with van der Waals surface area (Å²) in [6.07, 6.45) is 0. The fraction of sp³-hybridized carbons (Fsp3) is 0.176. The Bertz CT molecular complexity index is 878. The lowest BCUT2D eigenvalue weighted by molar-refractivity contribution is 0.0785. The van der Waals surface area contributed by atoms with E-state index in [1.807, 2.05) is 30.3 Å². The Morgan fingerprint density at radius 1 is 1.18 bits per heavy atom. The van der Waals surface area contributed by atoms with Crippen LogP contribution in [0.2, 0.25) is 0 Å². The van der Waals surface area contributed by atoms with Crippen molar-refractivity contribution in [2.24, 2.45) is 7.05 Å². The first-order valence-electron chi connectivity index (χ1n) is 6.95. The zero-order valence-electron chi connectivity index (χ0n) is 12.4. The summed E-state index contributed by atoms with van der Waals surface area (Å²) in [5.41, 5.74) is 2.69. The van der Waals surface area contributed by atoms with E-state index >= 15 is 0 Å². The third-order valence-electron chi connectivity index (χ3n) is 3.65.